The van der Waals surface area contributed by atoms with E-state index < -0.39 is 0 Å². The first-order chi connectivity index (χ1) is 9.72. The molecule has 1 heterocycles. The summed E-state index contributed by atoms with van der Waals surface area (Å²) in [6, 6.07) is 15.1. The number of aliphatic hydroxyl groups is 1. The number of nitrogens with zero attached hydrogens (tertiary/aromatic N) is 3. The van der Waals surface area contributed by atoms with E-state index >= 15 is 0 Å². The molecular formula is C15H14ClN3O. The molecule has 1 N–H and O–H groups in total. The summed E-state index contributed by atoms with van der Waals surface area (Å²) in [5.41, 5.74) is 1.55. The van der Waals surface area contributed by atoms with Crippen LogP contribution in [0.1, 0.15) is 11.1 Å². The van der Waals surface area contributed by atoms with Gasteiger partial charge in [0, 0.05) is 13.1 Å². The van der Waals surface area contributed by atoms with Crippen molar-refractivity contribution >= 4 is 17.4 Å². The van der Waals surface area contributed by atoms with Crippen LogP contribution in [0.4, 0.5) is 5.82 Å². The number of halogens is 1. The lowest BCUT2D eigenvalue weighted by molar-refractivity contribution is 0.301. The molecule has 1 aromatic heterocycles. The van der Waals surface area contributed by atoms with E-state index in [9.17, 15) is 5.11 Å². The number of hydrogen-bond donors (Lipinski definition) is 1. The van der Waals surface area contributed by atoms with E-state index in [0.29, 0.717) is 24.5 Å². The molecule has 0 aliphatic rings. The third-order valence-corrected chi connectivity index (χ3v) is 3.01. The highest BCUT2D eigenvalue weighted by molar-refractivity contribution is 6.29. The number of benzene rings is 1. The monoisotopic (exact) mass is 287 g/mol. The summed E-state index contributed by atoms with van der Waals surface area (Å²) in [7, 11) is 0. The standard InChI is InChI=1S/C15H14ClN3O/c16-14-8-13(10-17)9-15(18-14)19(6-7-20)11-12-4-2-1-3-5-12/h1-5,8-9,20H,6-7,11H2. The minimum atomic E-state index is 0.00289. The molecule has 0 aliphatic carbocycles. The predicted octanol–water partition coefficient (Wildman–Crippen LogP) is 2.61. The average Bonchev–Trinajstić information content (AvgIpc) is 2.47. The van der Waals surface area contributed by atoms with Crippen LogP contribution in [0.25, 0.3) is 0 Å². The second-order valence-electron chi connectivity index (χ2n) is 4.28. The van der Waals surface area contributed by atoms with Gasteiger partial charge in [0.1, 0.15) is 11.0 Å². The van der Waals surface area contributed by atoms with Crippen molar-refractivity contribution in [3.63, 3.8) is 0 Å². The van der Waals surface area contributed by atoms with Gasteiger partial charge in [-0.1, -0.05) is 41.9 Å². The van der Waals surface area contributed by atoms with Gasteiger partial charge in [-0.25, -0.2) is 4.98 Å². The molecule has 0 fully saturated rings. The molecule has 0 atom stereocenters. The van der Waals surface area contributed by atoms with Crippen LogP contribution in [0.2, 0.25) is 5.15 Å². The number of hydrogen-bond acceptors (Lipinski definition) is 4. The van der Waals surface area contributed by atoms with Crippen LogP contribution in [0.5, 0.6) is 0 Å². The SMILES string of the molecule is N#Cc1cc(Cl)nc(N(CCO)Cc2ccccc2)c1. The molecule has 0 bridgehead atoms. The zero-order valence-electron chi connectivity index (χ0n) is 10.8. The van der Waals surface area contributed by atoms with Crippen LogP contribution < -0.4 is 4.90 Å². The topological polar surface area (TPSA) is 60.2 Å². The Morgan fingerprint density at radius 1 is 1.25 bits per heavy atom. The van der Waals surface area contributed by atoms with Gasteiger partial charge in [-0.2, -0.15) is 5.26 Å². The van der Waals surface area contributed by atoms with Gasteiger partial charge in [0.15, 0.2) is 0 Å². The maximum atomic E-state index is 9.20. The minimum absolute atomic E-state index is 0.00289. The van der Waals surface area contributed by atoms with E-state index in [-0.39, 0.29) is 11.8 Å². The predicted molar refractivity (Wildman–Crippen MR) is 78.5 cm³/mol. The Kier molecular flexibility index (Phi) is 4.94. The highest BCUT2D eigenvalue weighted by Gasteiger charge is 2.10. The first-order valence-electron chi connectivity index (χ1n) is 6.20. The fraction of sp³-hybridized carbons (Fsp3) is 0.200. The van der Waals surface area contributed by atoms with Gasteiger partial charge in [0.2, 0.25) is 0 Å². The molecule has 0 aliphatic heterocycles. The quantitative estimate of drug-likeness (QED) is 0.859. The number of rotatable bonds is 5. The Bertz CT molecular complexity index is 610. The van der Waals surface area contributed by atoms with Crippen LogP contribution in [-0.2, 0) is 6.54 Å². The van der Waals surface area contributed by atoms with Crippen molar-refractivity contribution in [1.82, 2.24) is 4.98 Å². The van der Waals surface area contributed by atoms with Gasteiger partial charge >= 0.3 is 0 Å². The maximum Gasteiger partial charge on any atom is 0.132 e. The Morgan fingerprint density at radius 2 is 2.00 bits per heavy atom. The summed E-state index contributed by atoms with van der Waals surface area (Å²) in [4.78, 5) is 6.12. The molecule has 0 amide bonds. The molecule has 102 valence electrons. The van der Waals surface area contributed by atoms with E-state index in [4.69, 9.17) is 16.9 Å². The summed E-state index contributed by atoms with van der Waals surface area (Å²) < 4.78 is 0. The highest BCUT2D eigenvalue weighted by atomic mass is 35.5. The first-order valence-corrected chi connectivity index (χ1v) is 6.58. The second kappa shape index (κ2) is 6.90. The Hall–Kier alpha value is -2.09. The Balaban J connectivity index is 2.29. The van der Waals surface area contributed by atoms with Gasteiger partial charge in [-0.05, 0) is 17.7 Å². The third kappa shape index (κ3) is 3.70. The first kappa shape index (κ1) is 14.3. The van der Waals surface area contributed by atoms with Gasteiger partial charge in [0.05, 0.1) is 18.2 Å². The number of pyridine rings is 1. The molecule has 2 rings (SSSR count). The molecule has 0 radical (unpaired) electrons. The smallest absolute Gasteiger partial charge is 0.132 e. The van der Waals surface area contributed by atoms with E-state index in [1.165, 1.54) is 6.07 Å². The second-order valence-corrected chi connectivity index (χ2v) is 4.67. The van der Waals surface area contributed by atoms with Crippen LogP contribution >= 0.6 is 11.6 Å². The zero-order valence-corrected chi connectivity index (χ0v) is 11.6. The van der Waals surface area contributed by atoms with Crippen LogP contribution in [-0.4, -0.2) is 23.2 Å². The lowest BCUT2D eigenvalue weighted by Gasteiger charge is -2.23. The molecule has 5 heteroatoms. The van der Waals surface area contributed by atoms with Crippen molar-refractivity contribution < 1.29 is 5.11 Å². The summed E-state index contributed by atoms with van der Waals surface area (Å²) >= 11 is 5.92. The van der Waals surface area contributed by atoms with E-state index in [0.717, 1.165) is 5.56 Å². The van der Waals surface area contributed by atoms with E-state index in [1.807, 2.05) is 35.2 Å². The molecular weight excluding hydrogens is 274 g/mol. The molecule has 1 aromatic carbocycles. The molecule has 0 saturated carbocycles. The lowest BCUT2D eigenvalue weighted by atomic mass is 10.2. The molecule has 0 spiro atoms. The van der Waals surface area contributed by atoms with Gasteiger partial charge in [0.25, 0.3) is 0 Å². The van der Waals surface area contributed by atoms with Crippen molar-refractivity contribution in [3.8, 4) is 6.07 Å². The molecule has 0 saturated heterocycles. The van der Waals surface area contributed by atoms with Gasteiger partial charge in [-0.15, -0.1) is 0 Å². The highest BCUT2D eigenvalue weighted by Crippen LogP contribution is 2.19. The summed E-state index contributed by atoms with van der Waals surface area (Å²) in [6.07, 6.45) is 0. The molecule has 0 unspecified atom stereocenters. The van der Waals surface area contributed by atoms with E-state index in [2.05, 4.69) is 11.1 Å². The van der Waals surface area contributed by atoms with Crippen LogP contribution in [0.3, 0.4) is 0 Å². The van der Waals surface area contributed by atoms with Crippen molar-refractivity contribution in [2.75, 3.05) is 18.1 Å². The molecule has 20 heavy (non-hydrogen) atoms. The third-order valence-electron chi connectivity index (χ3n) is 2.82. The molecule has 2 aromatic rings. The fourth-order valence-corrected chi connectivity index (χ4v) is 2.11. The van der Waals surface area contributed by atoms with Crippen molar-refractivity contribution in [2.45, 2.75) is 6.54 Å². The van der Waals surface area contributed by atoms with Crippen molar-refractivity contribution in [1.29, 1.82) is 5.26 Å². The zero-order chi connectivity index (χ0) is 14.4. The van der Waals surface area contributed by atoms with Gasteiger partial charge in [-0.3, -0.25) is 0 Å². The summed E-state index contributed by atoms with van der Waals surface area (Å²) in [5.74, 6) is 0.590. The Labute approximate surface area is 122 Å². The average molecular weight is 288 g/mol. The van der Waals surface area contributed by atoms with Crippen molar-refractivity contribution in [2.24, 2.45) is 0 Å². The van der Waals surface area contributed by atoms with Gasteiger partial charge < -0.3 is 10.0 Å². The number of anilines is 1. The van der Waals surface area contributed by atoms with Crippen LogP contribution in [0, 0.1) is 11.3 Å². The largest absolute Gasteiger partial charge is 0.395 e. The minimum Gasteiger partial charge on any atom is -0.395 e. The lowest BCUT2D eigenvalue weighted by Crippen LogP contribution is -2.27. The molecule has 4 nitrogen and oxygen atoms in total. The number of aliphatic hydroxyl groups excluding tert-OH is 1. The normalized spacial score (nSPS) is 10.1. The summed E-state index contributed by atoms with van der Waals surface area (Å²) in [6.45, 7) is 1.02. The van der Waals surface area contributed by atoms with Crippen LogP contribution in [0.15, 0.2) is 42.5 Å². The number of aromatic nitrogens is 1. The summed E-state index contributed by atoms with van der Waals surface area (Å²) in [5, 5.41) is 18.5. The maximum absolute atomic E-state index is 9.20. The van der Waals surface area contributed by atoms with Crippen molar-refractivity contribution in [3.05, 3.63) is 58.7 Å². The van der Waals surface area contributed by atoms with E-state index in [1.54, 1.807) is 6.07 Å². The fourth-order valence-electron chi connectivity index (χ4n) is 1.91. The Morgan fingerprint density at radius 3 is 2.65 bits per heavy atom. The number of nitriles is 1.